The van der Waals surface area contributed by atoms with Gasteiger partial charge < -0.3 is 29.9 Å². The predicted octanol–water partition coefficient (Wildman–Crippen LogP) is 4.95. The van der Waals surface area contributed by atoms with E-state index < -0.39 is 30.5 Å². The van der Waals surface area contributed by atoms with E-state index in [1.165, 1.54) is 12.5 Å². The molecule has 0 amide bonds. The molecule has 3 saturated carbocycles. The highest BCUT2D eigenvalue weighted by molar-refractivity contribution is 5.82. The minimum Gasteiger partial charge on any atom is -0.459 e. The first-order chi connectivity index (χ1) is 19.4. The number of rotatable bonds is 5. The fraction of sp³-hybridized carbons (Fsp3) is 0.857. The van der Waals surface area contributed by atoms with Crippen LogP contribution in [-0.2, 0) is 14.3 Å². The Morgan fingerprint density at radius 1 is 1.10 bits per heavy atom. The van der Waals surface area contributed by atoms with Crippen molar-refractivity contribution in [1.82, 2.24) is 0 Å². The molecule has 1 aliphatic heterocycles. The molecule has 4 fully saturated rings. The molecule has 12 atom stereocenters. The maximum atomic E-state index is 12.6. The van der Waals surface area contributed by atoms with Gasteiger partial charge in [-0.1, -0.05) is 51.8 Å². The first-order valence-electron chi connectivity index (χ1n) is 16.3. The van der Waals surface area contributed by atoms with Crippen molar-refractivity contribution in [1.29, 1.82) is 0 Å². The van der Waals surface area contributed by atoms with Crippen molar-refractivity contribution in [3.63, 3.8) is 0 Å². The highest BCUT2D eigenvalue weighted by Gasteiger charge is 2.69. The zero-order valence-electron chi connectivity index (χ0n) is 27.2. The van der Waals surface area contributed by atoms with Crippen LogP contribution in [0.15, 0.2) is 23.3 Å². The second kappa shape index (κ2) is 10.7. The van der Waals surface area contributed by atoms with Crippen molar-refractivity contribution in [2.45, 2.75) is 130 Å². The average molecular weight is 589 g/mol. The normalized spacial score (nSPS) is 47.7. The first-order valence-corrected chi connectivity index (χ1v) is 16.3. The van der Waals surface area contributed by atoms with E-state index in [0.29, 0.717) is 31.3 Å². The summed E-state index contributed by atoms with van der Waals surface area (Å²) in [5.41, 5.74) is 0.168. The van der Waals surface area contributed by atoms with E-state index in [-0.39, 0.29) is 45.6 Å². The first kappa shape index (κ1) is 32.2. The molecule has 238 valence electrons. The number of esters is 1. The molecule has 1 heterocycles. The Morgan fingerprint density at radius 2 is 1.79 bits per heavy atom. The molecule has 0 spiro atoms. The average Bonchev–Trinajstić information content (AvgIpc) is 3.25. The lowest BCUT2D eigenvalue weighted by molar-refractivity contribution is -0.222. The topological polar surface area (TPSA) is 116 Å². The summed E-state index contributed by atoms with van der Waals surface area (Å²) in [5, 5.41) is 43.3. The summed E-state index contributed by atoms with van der Waals surface area (Å²) in [6.45, 7) is 16.9. The van der Waals surface area contributed by atoms with Crippen molar-refractivity contribution in [3.8, 4) is 0 Å². The Kier molecular flexibility index (Phi) is 8.18. The molecule has 42 heavy (non-hydrogen) atoms. The van der Waals surface area contributed by atoms with Gasteiger partial charge >= 0.3 is 5.97 Å². The lowest BCUT2D eigenvalue weighted by Crippen LogP contribution is -2.65. The standard InChI is InChI=1S/C35H56O7/c1-20(2)15-29(39)42-28-12-14-33(6)25-11-13-32(5)22(21-16-23(37)30(41-18-21)34(7,40)19-36)9-10-24(32)35(25,8)27(38)17-26(33)31(28,3)4/h10,15,21-23,25-28,30,36-38,40H,9,11-14,16-19H2,1-8H3/t21-,22+,23-,25-,26+,27-,28-,30-,32+,33-,34?,35+/m1/s1. The quantitative estimate of drug-likeness (QED) is 0.204. The van der Waals surface area contributed by atoms with Crippen LogP contribution in [0.4, 0.5) is 0 Å². The van der Waals surface area contributed by atoms with Crippen molar-refractivity contribution in [2.75, 3.05) is 13.2 Å². The maximum Gasteiger partial charge on any atom is 0.330 e. The second-order valence-corrected chi connectivity index (χ2v) is 16.4. The van der Waals surface area contributed by atoms with Gasteiger partial charge in [0.15, 0.2) is 0 Å². The van der Waals surface area contributed by atoms with Gasteiger partial charge in [-0.3, -0.25) is 0 Å². The number of ether oxygens (including phenoxy) is 2. The fourth-order valence-corrected chi connectivity index (χ4v) is 11.1. The van der Waals surface area contributed by atoms with E-state index in [0.717, 1.165) is 37.7 Å². The molecule has 4 aliphatic carbocycles. The molecule has 7 heteroatoms. The number of fused-ring (bicyclic) bond motifs is 5. The highest BCUT2D eigenvalue weighted by atomic mass is 16.5. The fourth-order valence-electron chi connectivity index (χ4n) is 11.1. The van der Waals surface area contributed by atoms with Gasteiger partial charge in [0.1, 0.15) is 17.8 Å². The third-order valence-electron chi connectivity index (χ3n) is 13.2. The summed E-state index contributed by atoms with van der Waals surface area (Å²) in [7, 11) is 0. The van der Waals surface area contributed by atoms with Crippen molar-refractivity contribution in [3.05, 3.63) is 23.3 Å². The van der Waals surface area contributed by atoms with Gasteiger partial charge in [0.05, 0.1) is 25.4 Å². The van der Waals surface area contributed by atoms with Gasteiger partial charge in [-0.2, -0.15) is 0 Å². The minimum absolute atomic E-state index is 0.0183. The molecule has 0 aromatic carbocycles. The molecular formula is C35H56O7. The lowest BCUT2D eigenvalue weighted by atomic mass is 9.37. The van der Waals surface area contributed by atoms with E-state index in [4.69, 9.17) is 9.47 Å². The number of carbonyl (C=O) groups is 1. The summed E-state index contributed by atoms with van der Waals surface area (Å²) in [5.74, 6) is 0.717. The summed E-state index contributed by atoms with van der Waals surface area (Å²) in [4.78, 5) is 12.6. The van der Waals surface area contributed by atoms with Crippen LogP contribution >= 0.6 is 0 Å². The third-order valence-corrected chi connectivity index (χ3v) is 13.2. The zero-order chi connectivity index (χ0) is 31.0. The van der Waals surface area contributed by atoms with Gasteiger partial charge in [-0.15, -0.1) is 0 Å². The molecule has 5 aliphatic rings. The number of hydrogen-bond acceptors (Lipinski definition) is 7. The van der Waals surface area contributed by atoms with Crippen molar-refractivity contribution in [2.24, 2.45) is 45.3 Å². The molecule has 0 bridgehead atoms. The van der Waals surface area contributed by atoms with Gasteiger partial charge in [0.2, 0.25) is 0 Å². The number of hydrogen-bond donors (Lipinski definition) is 4. The smallest absolute Gasteiger partial charge is 0.330 e. The Hall–Kier alpha value is -1.25. The Bertz CT molecular complexity index is 1120. The summed E-state index contributed by atoms with van der Waals surface area (Å²) in [6.07, 6.45) is 7.67. The van der Waals surface area contributed by atoms with Gasteiger partial charge in [-0.25, -0.2) is 4.79 Å². The molecule has 1 unspecified atom stereocenters. The van der Waals surface area contributed by atoms with Crippen LogP contribution < -0.4 is 0 Å². The molecule has 0 aromatic rings. The second-order valence-electron chi connectivity index (χ2n) is 16.4. The monoisotopic (exact) mass is 588 g/mol. The van der Waals surface area contributed by atoms with Crippen molar-refractivity contribution < 1.29 is 34.7 Å². The molecule has 5 rings (SSSR count). The maximum absolute atomic E-state index is 12.6. The van der Waals surface area contributed by atoms with E-state index in [1.807, 2.05) is 13.8 Å². The van der Waals surface area contributed by atoms with E-state index in [1.54, 1.807) is 6.08 Å². The molecular weight excluding hydrogens is 532 g/mol. The van der Waals surface area contributed by atoms with Gasteiger partial charge in [-0.05, 0) is 100 Å². The Balaban J connectivity index is 1.38. The number of aliphatic hydroxyl groups excluding tert-OH is 3. The molecule has 0 radical (unpaired) electrons. The third kappa shape index (κ3) is 4.76. The molecule has 0 aromatic heterocycles. The lowest BCUT2D eigenvalue weighted by Gasteiger charge is -2.68. The van der Waals surface area contributed by atoms with Crippen LogP contribution in [0.1, 0.15) is 100 Å². The number of carbonyl (C=O) groups excluding carboxylic acids is 1. The molecule has 1 saturated heterocycles. The predicted molar refractivity (Wildman–Crippen MR) is 161 cm³/mol. The van der Waals surface area contributed by atoms with Crippen LogP contribution in [0.3, 0.4) is 0 Å². The van der Waals surface area contributed by atoms with Gasteiger partial charge in [0.25, 0.3) is 0 Å². The SMILES string of the molecule is CC(C)=CC(=O)O[C@@H]1CC[C@]2(C)[C@H]3CC[C@]4(C)C(=CC[C@H]4[C@H]4CO[C@@H](C(C)(O)CO)[C@H](O)C4)[C@]3(C)[C@H](O)C[C@H]2C1(C)C. The number of allylic oxidation sites excluding steroid dienone is 2. The van der Waals surface area contributed by atoms with Crippen molar-refractivity contribution >= 4 is 5.97 Å². The van der Waals surface area contributed by atoms with Crippen LogP contribution in [0.5, 0.6) is 0 Å². The Labute approximate surface area is 252 Å². The van der Waals surface area contributed by atoms with Gasteiger partial charge in [0, 0.05) is 16.9 Å². The Morgan fingerprint density at radius 3 is 2.40 bits per heavy atom. The molecule has 7 nitrogen and oxygen atoms in total. The highest BCUT2D eigenvalue weighted by Crippen LogP contribution is 2.73. The van der Waals surface area contributed by atoms with Crippen LogP contribution in [0, 0.1) is 45.3 Å². The largest absolute Gasteiger partial charge is 0.459 e. The van der Waals surface area contributed by atoms with E-state index >= 15 is 0 Å². The van der Waals surface area contributed by atoms with E-state index in [2.05, 4.69) is 40.7 Å². The minimum atomic E-state index is -1.48. The summed E-state index contributed by atoms with van der Waals surface area (Å²) in [6, 6.07) is 0. The van der Waals surface area contributed by atoms with Crippen LogP contribution in [0.2, 0.25) is 0 Å². The number of aliphatic hydroxyl groups is 4. The van der Waals surface area contributed by atoms with Crippen LogP contribution in [0.25, 0.3) is 0 Å². The van der Waals surface area contributed by atoms with Crippen LogP contribution in [-0.4, -0.2) is 69.6 Å². The molecule has 4 N–H and O–H groups in total. The van der Waals surface area contributed by atoms with E-state index in [9.17, 15) is 25.2 Å². The summed E-state index contributed by atoms with van der Waals surface area (Å²) < 4.78 is 12.1. The summed E-state index contributed by atoms with van der Waals surface area (Å²) >= 11 is 0. The zero-order valence-corrected chi connectivity index (χ0v) is 27.2.